The predicted octanol–water partition coefficient (Wildman–Crippen LogP) is 3.84. The molecule has 3 N–H and O–H groups in total. The number of carbonyl (C=O) groups excluding carboxylic acids is 2. The molecule has 3 aromatic rings. The smallest absolute Gasteiger partial charge is 0.255 e. The van der Waals surface area contributed by atoms with Gasteiger partial charge in [-0.15, -0.1) is 0 Å². The van der Waals surface area contributed by atoms with E-state index in [1.165, 1.54) is 14.2 Å². The van der Waals surface area contributed by atoms with Crippen LogP contribution in [0.15, 0.2) is 65.3 Å². The average Bonchev–Trinajstić information content (AvgIpc) is 3.33. The number of ether oxygens (including phenoxy) is 2. The molecule has 31 heavy (non-hydrogen) atoms. The Hall–Kier alpha value is -3.78. The standard InChI is InChI=1S/C23H25N3O5/c1-15(19-10-7-11-31-19)24-14-22(27)25-17-12-21(30-3)18(13-20(17)29-2)26-23(28)16-8-5-4-6-9-16/h4-13,15,24H,14H2,1-3H3,(H,25,27)(H,26,28)/t15-/m1/s1. The minimum absolute atomic E-state index is 0.0693. The van der Waals surface area contributed by atoms with Gasteiger partial charge in [-0.3, -0.25) is 14.9 Å². The topological polar surface area (TPSA) is 102 Å². The van der Waals surface area contributed by atoms with Gasteiger partial charge in [0, 0.05) is 17.7 Å². The van der Waals surface area contributed by atoms with Crippen LogP contribution >= 0.6 is 0 Å². The van der Waals surface area contributed by atoms with Crippen molar-refractivity contribution < 1.29 is 23.5 Å². The van der Waals surface area contributed by atoms with Gasteiger partial charge in [0.15, 0.2) is 0 Å². The molecule has 1 heterocycles. The highest BCUT2D eigenvalue weighted by atomic mass is 16.5. The van der Waals surface area contributed by atoms with E-state index in [0.29, 0.717) is 28.4 Å². The van der Waals surface area contributed by atoms with Crippen LogP contribution in [0.1, 0.15) is 29.1 Å². The Kier molecular flexibility index (Phi) is 7.29. The second-order valence-corrected chi connectivity index (χ2v) is 6.74. The second kappa shape index (κ2) is 10.3. The molecule has 0 spiro atoms. The van der Waals surface area contributed by atoms with E-state index in [2.05, 4.69) is 16.0 Å². The van der Waals surface area contributed by atoms with Gasteiger partial charge >= 0.3 is 0 Å². The molecular formula is C23H25N3O5. The highest BCUT2D eigenvalue weighted by molar-refractivity contribution is 6.05. The quantitative estimate of drug-likeness (QED) is 0.483. The minimum atomic E-state index is -0.283. The minimum Gasteiger partial charge on any atom is -0.494 e. The van der Waals surface area contributed by atoms with Crippen molar-refractivity contribution in [3.05, 3.63) is 72.2 Å². The number of carbonyl (C=O) groups is 2. The number of hydrogen-bond acceptors (Lipinski definition) is 6. The van der Waals surface area contributed by atoms with Crippen LogP contribution in [0.2, 0.25) is 0 Å². The molecule has 162 valence electrons. The van der Waals surface area contributed by atoms with Gasteiger partial charge in [0.25, 0.3) is 5.91 Å². The van der Waals surface area contributed by atoms with Crippen LogP contribution in [0, 0.1) is 0 Å². The van der Waals surface area contributed by atoms with Crippen LogP contribution in [-0.4, -0.2) is 32.6 Å². The number of methoxy groups -OCH3 is 2. The number of rotatable bonds is 9. The molecule has 0 aliphatic carbocycles. The van der Waals surface area contributed by atoms with Crippen LogP contribution in [0.5, 0.6) is 11.5 Å². The molecular weight excluding hydrogens is 398 g/mol. The highest BCUT2D eigenvalue weighted by Gasteiger charge is 2.17. The van der Waals surface area contributed by atoms with Gasteiger partial charge in [-0.1, -0.05) is 18.2 Å². The Bertz CT molecular complexity index is 1020. The molecule has 0 fully saturated rings. The molecule has 3 rings (SSSR count). The van der Waals surface area contributed by atoms with E-state index in [4.69, 9.17) is 13.9 Å². The van der Waals surface area contributed by atoms with Crippen molar-refractivity contribution in [1.82, 2.24) is 5.32 Å². The van der Waals surface area contributed by atoms with Crippen LogP contribution in [-0.2, 0) is 4.79 Å². The van der Waals surface area contributed by atoms with Crippen LogP contribution in [0.25, 0.3) is 0 Å². The summed E-state index contributed by atoms with van der Waals surface area (Å²) in [5, 5.41) is 8.70. The summed E-state index contributed by atoms with van der Waals surface area (Å²) in [4.78, 5) is 24.9. The van der Waals surface area contributed by atoms with Crippen LogP contribution < -0.4 is 25.4 Å². The molecule has 1 atom stereocenters. The third-order valence-corrected chi connectivity index (χ3v) is 4.62. The fraction of sp³-hybridized carbons (Fsp3) is 0.217. The molecule has 8 nitrogen and oxygen atoms in total. The maximum atomic E-state index is 12.5. The van der Waals surface area contributed by atoms with Crippen LogP contribution in [0.3, 0.4) is 0 Å². The SMILES string of the molecule is COc1cc(NC(=O)c2ccccc2)c(OC)cc1NC(=O)CN[C@H](C)c1ccco1. The second-order valence-electron chi connectivity index (χ2n) is 6.74. The van der Waals surface area contributed by atoms with Gasteiger partial charge in [-0.25, -0.2) is 0 Å². The lowest BCUT2D eigenvalue weighted by Gasteiger charge is -2.17. The monoisotopic (exact) mass is 423 g/mol. The first-order valence-corrected chi connectivity index (χ1v) is 9.71. The number of hydrogen-bond donors (Lipinski definition) is 3. The summed E-state index contributed by atoms with van der Waals surface area (Å²) in [6, 6.07) is 15.6. The number of nitrogens with one attached hydrogen (secondary N) is 3. The van der Waals surface area contributed by atoms with E-state index in [9.17, 15) is 9.59 Å². The zero-order valence-corrected chi connectivity index (χ0v) is 17.6. The van der Waals surface area contributed by atoms with E-state index < -0.39 is 0 Å². The fourth-order valence-electron chi connectivity index (χ4n) is 2.96. The summed E-state index contributed by atoms with van der Waals surface area (Å²) in [5.41, 5.74) is 1.36. The van der Waals surface area contributed by atoms with Crippen molar-refractivity contribution in [3.63, 3.8) is 0 Å². The Balaban J connectivity index is 1.70. The lowest BCUT2D eigenvalue weighted by atomic mass is 10.2. The van der Waals surface area contributed by atoms with Crippen molar-refractivity contribution in [2.75, 3.05) is 31.4 Å². The van der Waals surface area contributed by atoms with E-state index >= 15 is 0 Å². The number of anilines is 2. The van der Waals surface area contributed by atoms with E-state index in [1.807, 2.05) is 19.1 Å². The summed E-state index contributed by atoms with van der Waals surface area (Å²) >= 11 is 0. The number of furan rings is 1. The van der Waals surface area contributed by atoms with Gasteiger partial charge in [0.05, 0.1) is 44.4 Å². The molecule has 2 amide bonds. The number of benzene rings is 2. The van der Waals surface area contributed by atoms with E-state index in [0.717, 1.165) is 5.76 Å². The molecule has 1 aromatic heterocycles. The van der Waals surface area contributed by atoms with Crippen molar-refractivity contribution in [1.29, 1.82) is 0 Å². The fourth-order valence-corrected chi connectivity index (χ4v) is 2.96. The van der Waals surface area contributed by atoms with E-state index in [-0.39, 0.29) is 24.4 Å². The zero-order valence-electron chi connectivity index (χ0n) is 17.6. The Morgan fingerprint density at radius 2 is 1.58 bits per heavy atom. The molecule has 2 aromatic carbocycles. The van der Waals surface area contributed by atoms with Gasteiger partial charge in [0.1, 0.15) is 17.3 Å². The predicted molar refractivity (Wildman–Crippen MR) is 118 cm³/mol. The molecule has 0 saturated carbocycles. The third kappa shape index (κ3) is 5.64. The lowest BCUT2D eigenvalue weighted by Crippen LogP contribution is -2.30. The summed E-state index contributed by atoms with van der Waals surface area (Å²) in [7, 11) is 2.97. The van der Waals surface area contributed by atoms with Crippen molar-refractivity contribution >= 4 is 23.2 Å². The van der Waals surface area contributed by atoms with Crippen molar-refractivity contribution in [3.8, 4) is 11.5 Å². The zero-order chi connectivity index (χ0) is 22.2. The summed E-state index contributed by atoms with van der Waals surface area (Å²) in [5.74, 6) is 0.966. The Morgan fingerprint density at radius 1 is 0.935 bits per heavy atom. The maximum absolute atomic E-state index is 12.5. The van der Waals surface area contributed by atoms with Gasteiger partial charge in [-0.2, -0.15) is 0 Å². The summed E-state index contributed by atoms with van der Waals surface area (Å²) in [6.07, 6.45) is 1.59. The van der Waals surface area contributed by atoms with Crippen molar-refractivity contribution in [2.45, 2.75) is 13.0 Å². The van der Waals surface area contributed by atoms with Crippen molar-refractivity contribution in [2.24, 2.45) is 0 Å². The maximum Gasteiger partial charge on any atom is 0.255 e. The molecule has 0 bridgehead atoms. The first kappa shape index (κ1) is 21.9. The molecule has 0 aliphatic rings. The first-order chi connectivity index (χ1) is 15.0. The molecule has 0 unspecified atom stereocenters. The lowest BCUT2D eigenvalue weighted by molar-refractivity contribution is -0.115. The largest absolute Gasteiger partial charge is 0.494 e. The Morgan fingerprint density at radius 3 is 2.16 bits per heavy atom. The highest BCUT2D eigenvalue weighted by Crippen LogP contribution is 2.36. The molecule has 8 heteroatoms. The van der Waals surface area contributed by atoms with E-state index in [1.54, 1.807) is 48.7 Å². The van der Waals surface area contributed by atoms with Crippen LogP contribution in [0.4, 0.5) is 11.4 Å². The molecule has 0 saturated heterocycles. The Labute approximate surface area is 180 Å². The average molecular weight is 423 g/mol. The normalized spacial score (nSPS) is 11.5. The number of amides is 2. The van der Waals surface area contributed by atoms with Gasteiger partial charge < -0.3 is 24.5 Å². The molecule has 0 aliphatic heterocycles. The first-order valence-electron chi connectivity index (χ1n) is 9.71. The molecule has 0 radical (unpaired) electrons. The van der Waals surface area contributed by atoms with Gasteiger partial charge in [-0.05, 0) is 31.2 Å². The summed E-state index contributed by atoms with van der Waals surface area (Å²) in [6.45, 7) is 1.97. The third-order valence-electron chi connectivity index (χ3n) is 4.62. The van der Waals surface area contributed by atoms with Gasteiger partial charge in [0.2, 0.25) is 5.91 Å². The summed E-state index contributed by atoms with van der Waals surface area (Å²) < 4.78 is 16.1.